The number of β-amino-alcohol motifs (C(OH)–C–C–N with tert-alkyl or cyclic N) is 1. The van der Waals surface area contributed by atoms with E-state index in [4.69, 9.17) is 5.41 Å². The zero-order chi connectivity index (χ0) is 20.4. The lowest BCUT2D eigenvalue weighted by molar-refractivity contribution is -0.131. The molecule has 2 saturated heterocycles. The molecule has 6 heteroatoms. The smallest absolute Gasteiger partial charge is 0.254 e. The molecule has 29 heavy (non-hydrogen) atoms. The van der Waals surface area contributed by atoms with Crippen molar-refractivity contribution in [3.8, 4) is 0 Å². The summed E-state index contributed by atoms with van der Waals surface area (Å²) in [6, 6.07) is 0.551. The molecule has 1 amide bonds. The number of aliphatic hydroxyl groups excluding tert-OH is 1. The molecule has 2 aliphatic carbocycles. The Balaban J connectivity index is 1.42. The highest BCUT2D eigenvalue weighted by Gasteiger charge is 2.49. The molecule has 4 aliphatic rings. The van der Waals surface area contributed by atoms with Crippen LogP contribution in [0, 0.1) is 17.2 Å². The molecular weight excluding hydrogens is 364 g/mol. The molecule has 0 radical (unpaired) electrons. The van der Waals surface area contributed by atoms with Crippen LogP contribution in [-0.2, 0) is 4.79 Å². The number of aliphatic hydroxyl groups is 1. The molecule has 4 atom stereocenters. The standard InChI is InChI=1S/C23H40N4O2/c1-26-21(29)23(25-22(26)24,12-10-17-6-3-2-4-7-17)15-18-8-5-9-19(14-18)27-13-11-20(28)16-27/h17-20,28H,2-16H2,1H3,(H2,24,25)/t18-,19+,20+,23+/m0/s1. The summed E-state index contributed by atoms with van der Waals surface area (Å²) in [5.74, 6) is 1.65. The van der Waals surface area contributed by atoms with E-state index in [0.717, 1.165) is 51.1 Å². The predicted octanol–water partition coefficient (Wildman–Crippen LogP) is 3.10. The molecule has 0 aromatic heterocycles. The van der Waals surface area contributed by atoms with E-state index in [-0.39, 0.29) is 18.0 Å². The summed E-state index contributed by atoms with van der Waals surface area (Å²) >= 11 is 0. The first kappa shape index (κ1) is 21.1. The van der Waals surface area contributed by atoms with Crippen molar-refractivity contribution in [2.24, 2.45) is 11.8 Å². The van der Waals surface area contributed by atoms with Crippen LogP contribution in [0.4, 0.5) is 0 Å². The highest BCUT2D eigenvalue weighted by Crippen LogP contribution is 2.39. The maximum atomic E-state index is 13.2. The average Bonchev–Trinajstić information content (AvgIpc) is 3.25. The van der Waals surface area contributed by atoms with E-state index in [2.05, 4.69) is 10.2 Å². The van der Waals surface area contributed by atoms with Gasteiger partial charge in [-0.05, 0) is 50.4 Å². The molecule has 2 aliphatic heterocycles. The van der Waals surface area contributed by atoms with E-state index < -0.39 is 5.54 Å². The third kappa shape index (κ3) is 4.63. The van der Waals surface area contributed by atoms with E-state index in [0.29, 0.717) is 12.0 Å². The fraction of sp³-hybridized carbons (Fsp3) is 0.913. The quantitative estimate of drug-likeness (QED) is 0.636. The van der Waals surface area contributed by atoms with E-state index in [1.54, 1.807) is 7.05 Å². The number of nitrogens with zero attached hydrogens (tertiary/aromatic N) is 2. The number of hydrogen-bond donors (Lipinski definition) is 3. The van der Waals surface area contributed by atoms with Crippen LogP contribution in [0.25, 0.3) is 0 Å². The van der Waals surface area contributed by atoms with Crippen LogP contribution in [0.15, 0.2) is 0 Å². The maximum absolute atomic E-state index is 13.2. The normalized spacial score (nSPS) is 37.3. The Kier molecular flexibility index (Phi) is 6.50. The van der Waals surface area contributed by atoms with Crippen LogP contribution in [0.1, 0.15) is 83.5 Å². The van der Waals surface area contributed by atoms with Gasteiger partial charge in [-0.2, -0.15) is 0 Å². The van der Waals surface area contributed by atoms with Gasteiger partial charge in [-0.1, -0.05) is 44.9 Å². The Morgan fingerprint density at radius 1 is 1.10 bits per heavy atom. The summed E-state index contributed by atoms with van der Waals surface area (Å²) in [6.07, 6.45) is 15.0. The minimum absolute atomic E-state index is 0.108. The van der Waals surface area contributed by atoms with Crippen LogP contribution in [0.2, 0.25) is 0 Å². The number of amides is 1. The Morgan fingerprint density at radius 2 is 1.86 bits per heavy atom. The summed E-state index contributed by atoms with van der Waals surface area (Å²) in [4.78, 5) is 17.2. The molecule has 3 N–H and O–H groups in total. The van der Waals surface area contributed by atoms with Gasteiger partial charge in [0.2, 0.25) is 0 Å². The van der Waals surface area contributed by atoms with Crippen molar-refractivity contribution in [1.82, 2.24) is 15.1 Å². The number of hydrogen-bond acceptors (Lipinski definition) is 4. The summed E-state index contributed by atoms with van der Waals surface area (Å²) in [5.41, 5.74) is -0.569. The third-order valence-corrected chi connectivity index (χ3v) is 8.21. The highest BCUT2D eigenvalue weighted by atomic mass is 16.3. The first-order valence-electron chi connectivity index (χ1n) is 12.0. The van der Waals surface area contributed by atoms with Crippen molar-refractivity contribution in [2.45, 2.75) is 101 Å². The second kappa shape index (κ2) is 8.93. The van der Waals surface area contributed by atoms with Crippen LogP contribution in [0.5, 0.6) is 0 Å². The fourth-order valence-corrected chi connectivity index (χ4v) is 6.49. The first-order chi connectivity index (χ1) is 14.0. The lowest BCUT2D eigenvalue weighted by Gasteiger charge is -2.39. The molecule has 2 heterocycles. The molecule has 4 fully saturated rings. The monoisotopic (exact) mass is 404 g/mol. The van der Waals surface area contributed by atoms with Gasteiger partial charge in [0.25, 0.3) is 5.91 Å². The molecule has 6 nitrogen and oxygen atoms in total. The topological polar surface area (TPSA) is 79.7 Å². The Hall–Kier alpha value is -1.14. The predicted molar refractivity (Wildman–Crippen MR) is 115 cm³/mol. The van der Waals surface area contributed by atoms with Crippen molar-refractivity contribution in [1.29, 1.82) is 5.41 Å². The minimum Gasteiger partial charge on any atom is -0.392 e. The number of guanidine groups is 1. The number of carbonyl (C=O) groups is 1. The number of likely N-dealkylation sites (tertiary alicyclic amines) is 1. The number of nitrogens with one attached hydrogen (secondary N) is 2. The number of rotatable bonds is 6. The van der Waals surface area contributed by atoms with Gasteiger partial charge in [0.1, 0.15) is 5.54 Å². The summed E-state index contributed by atoms with van der Waals surface area (Å²) < 4.78 is 0. The van der Waals surface area contributed by atoms with Gasteiger partial charge < -0.3 is 10.4 Å². The molecule has 0 aromatic rings. The van der Waals surface area contributed by atoms with Gasteiger partial charge in [-0.15, -0.1) is 0 Å². The lowest BCUT2D eigenvalue weighted by atomic mass is 9.74. The number of carbonyl (C=O) groups excluding carboxylic acids is 1. The molecule has 164 valence electrons. The highest BCUT2D eigenvalue weighted by molar-refractivity contribution is 6.07. The average molecular weight is 405 g/mol. The molecule has 4 rings (SSSR count). The SMILES string of the molecule is CN1C(=N)N[C@](CCC2CCCCC2)(C[C@H]2CCC[C@@H](N3CC[C@@H](O)C3)C2)C1=O. The zero-order valence-electron chi connectivity index (χ0n) is 18.2. The first-order valence-corrected chi connectivity index (χ1v) is 12.0. The maximum Gasteiger partial charge on any atom is 0.254 e. The van der Waals surface area contributed by atoms with E-state index in [9.17, 15) is 9.90 Å². The van der Waals surface area contributed by atoms with E-state index >= 15 is 0 Å². The molecule has 2 saturated carbocycles. The molecule has 0 bridgehead atoms. The fourth-order valence-electron chi connectivity index (χ4n) is 6.49. The largest absolute Gasteiger partial charge is 0.392 e. The number of likely N-dealkylation sites (N-methyl/N-ethyl adjacent to an activating group) is 1. The van der Waals surface area contributed by atoms with Crippen molar-refractivity contribution in [3.05, 3.63) is 0 Å². The zero-order valence-corrected chi connectivity index (χ0v) is 18.2. The second-order valence-corrected chi connectivity index (χ2v) is 10.3. The molecule has 0 unspecified atom stereocenters. The molecule has 0 aromatic carbocycles. The van der Waals surface area contributed by atoms with Crippen molar-refractivity contribution in [2.75, 3.05) is 20.1 Å². The van der Waals surface area contributed by atoms with Gasteiger partial charge in [0, 0.05) is 26.2 Å². The van der Waals surface area contributed by atoms with Gasteiger partial charge in [-0.3, -0.25) is 20.0 Å². The third-order valence-electron chi connectivity index (χ3n) is 8.21. The Morgan fingerprint density at radius 3 is 2.52 bits per heavy atom. The van der Waals surface area contributed by atoms with Crippen LogP contribution in [-0.4, -0.2) is 64.6 Å². The minimum atomic E-state index is -0.569. The molecule has 0 spiro atoms. The Labute approximate surface area is 175 Å². The second-order valence-electron chi connectivity index (χ2n) is 10.3. The Bertz CT molecular complexity index is 606. The summed E-state index contributed by atoms with van der Waals surface area (Å²) in [7, 11) is 1.75. The summed E-state index contributed by atoms with van der Waals surface area (Å²) in [5, 5.41) is 21.5. The summed E-state index contributed by atoms with van der Waals surface area (Å²) in [6.45, 7) is 1.82. The van der Waals surface area contributed by atoms with Gasteiger partial charge in [0.15, 0.2) is 5.96 Å². The van der Waals surface area contributed by atoms with Crippen molar-refractivity contribution >= 4 is 11.9 Å². The van der Waals surface area contributed by atoms with Gasteiger partial charge in [-0.25, -0.2) is 0 Å². The van der Waals surface area contributed by atoms with Crippen LogP contribution < -0.4 is 5.32 Å². The van der Waals surface area contributed by atoms with Crippen molar-refractivity contribution in [3.63, 3.8) is 0 Å². The van der Waals surface area contributed by atoms with Crippen LogP contribution in [0.3, 0.4) is 0 Å². The van der Waals surface area contributed by atoms with Gasteiger partial charge >= 0.3 is 0 Å². The van der Waals surface area contributed by atoms with E-state index in [1.165, 1.54) is 56.3 Å². The lowest BCUT2D eigenvalue weighted by Crippen LogP contribution is -2.50. The van der Waals surface area contributed by atoms with Gasteiger partial charge in [0.05, 0.1) is 6.10 Å². The van der Waals surface area contributed by atoms with Crippen molar-refractivity contribution < 1.29 is 9.90 Å². The van der Waals surface area contributed by atoms with E-state index in [1.807, 2.05) is 0 Å². The van der Waals surface area contributed by atoms with Crippen LogP contribution >= 0.6 is 0 Å². The molecular formula is C23H40N4O2.